The predicted molar refractivity (Wildman–Crippen MR) is 166 cm³/mol. The highest BCUT2D eigenvalue weighted by atomic mass is 16.2. The zero-order valence-electron chi connectivity index (χ0n) is 24.2. The minimum atomic E-state index is -0.290. The summed E-state index contributed by atoms with van der Waals surface area (Å²) in [5.41, 5.74) is 6.33. The van der Waals surface area contributed by atoms with E-state index in [1.54, 1.807) is 0 Å². The van der Waals surface area contributed by atoms with Crippen LogP contribution in [0.15, 0.2) is 84.9 Å². The van der Waals surface area contributed by atoms with Crippen LogP contribution >= 0.6 is 0 Å². The minimum absolute atomic E-state index is 0.0835. The van der Waals surface area contributed by atoms with E-state index in [1.807, 2.05) is 46.2 Å². The van der Waals surface area contributed by atoms with Gasteiger partial charge in [-0.15, -0.1) is 0 Å². The molecule has 6 rings (SSSR count). The van der Waals surface area contributed by atoms with Crippen LogP contribution in [0.2, 0.25) is 0 Å². The maximum absolute atomic E-state index is 14.0. The second-order valence-electron chi connectivity index (χ2n) is 12.0. The third-order valence-corrected chi connectivity index (χ3v) is 9.43. The van der Waals surface area contributed by atoms with Crippen LogP contribution in [0.5, 0.6) is 0 Å². The largest absolute Gasteiger partial charge is 0.342 e. The number of rotatable bonds is 9. The number of fused-ring (bicyclic) bond motifs is 2. The Bertz CT molecular complexity index is 1410. The average molecular weight is 548 g/mol. The van der Waals surface area contributed by atoms with E-state index >= 15 is 0 Å². The van der Waals surface area contributed by atoms with Crippen LogP contribution in [-0.2, 0) is 21.4 Å². The van der Waals surface area contributed by atoms with Gasteiger partial charge in [-0.2, -0.15) is 0 Å². The summed E-state index contributed by atoms with van der Waals surface area (Å²) in [6.45, 7) is 7.03. The summed E-state index contributed by atoms with van der Waals surface area (Å²) in [5.74, 6) is -0.115. The molecule has 0 radical (unpaired) electrons. The van der Waals surface area contributed by atoms with Crippen molar-refractivity contribution in [2.45, 2.75) is 44.4 Å². The van der Waals surface area contributed by atoms with Crippen molar-refractivity contribution in [3.05, 3.63) is 107 Å². The number of likely N-dealkylation sites (tertiary alicyclic amines) is 2. The fourth-order valence-electron chi connectivity index (χ4n) is 7.00. The van der Waals surface area contributed by atoms with E-state index in [1.165, 1.54) is 16.7 Å². The van der Waals surface area contributed by atoms with E-state index in [0.717, 1.165) is 56.6 Å². The Morgan fingerprint density at radius 3 is 2.46 bits per heavy atom. The maximum Gasteiger partial charge on any atom is 0.232 e. The van der Waals surface area contributed by atoms with Gasteiger partial charge >= 0.3 is 0 Å². The molecule has 0 bridgehead atoms. The monoisotopic (exact) mass is 547 g/mol. The van der Waals surface area contributed by atoms with Crippen LogP contribution in [0.4, 0.5) is 5.69 Å². The molecule has 5 heteroatoms. The molecule has 0 saturated carbocycles. The van der Waals surface area contributed by atoms with E-state index in [9.17, 15) is 9.59 Å². The molecule has 1 spiro atoms. The first-order chi connectivity index (χ1) is 20.0. The Morgan fingerprint density at radius 2 is 1.66 bits per heavy atom. The molecule has 3 aromatic carbocycles. The van der Waals surface area contributed by atoms with Crippen LogP contribution in [0.1, 0.15) is 47.9 Å². The van der Waals surface area contributed by atoms with Gasteiger partial charge in [-0.05, 0) is 80.6 Å². The van der Waals surface area contributed by atoms with Gasteiger partial charge in [0.05, 0.1) is 5.92 Å². The van der Waals surface area contributed by atoms with Crippen molar-refractivity contribution >= 4 is 23.6 Å². The Labute approximate surface area is 244 Å². The van der Waals surface area contributed by atoms with Crippen molar-refractivity contribution in [1.82, 2.24) is 9.80 Å². The second kappa shape index (κ2) is 12.0. The minimum Gasteiger partial charge on any atom is -0.342 e. The third-order valence-electron chi connectivity index (χ3n) is 9.43. The number of aryl methyl sites for hydroxylation is 1. The van der Waals surface area contributed by atoms with Gasteiger partial charge in [-0.3, -0.25) is 9.59 Å². The van der Waals surface area contributed by atoms with Crippen LogP contribution in [0.25, 0.3) is 6.08 Å². The fourth-order valence-corrected chi connectivity index (χ4v) is 7.00. The number of para-hydroxylation sites is 1. The maximum atomic E-state index is 14.0. The SMILES string of the molecule is Cc1ccccc1N(CCCN1CCC2(C=Cc3ccccc32)CC1)C(=O)C1CC(=O)N(CCc2ccccc2)C1. The predicted octanol–water partition coefficient (Wildman–Crippen LogP) is 5.87. The van der Waals surface area contributed by atoms with Crippen molar-refractivity contribution in [2.24, 2.45) is 5.92 Å². The molecule has 2 saturated heterocycles. The molecule has 212 valence electrons. The van der Waals surface area contributed by atoms with Gasteiger partial charge in [0.25, 0.3) is 0 Å². The smallest absolute Gasteiger partial charge is 0.232 e. The summed E-state index contributed by atoms with van der Waals surface area (Å²) in [5, 5.41) is 0. The highest BCUT2D eigenvalue weighted by Crippen LogP contribution is 2.43. The lowest BCUT2D eigenvalue weighted by Crippen LogP contribution is -2.43. The van der Waals surface area contributed by atoms with Crippen LogP contribution < -0.4 is 4.90 Å². The molecule has 1 aliphatic carbocycles. The van der Waals surface area contributed by atoms with Gasteiger partial charge in [-0.25, -0.2) is 0 Å². The molecule has 41 heavy (non-hydrogen) atoms. The number of carbonyl (C=O) groups is 2. The zero-order chi connectivity index (χ0) is 28.2. The van der Waals surface area contributed by atoms with E-state index < -0.39 is 0 Å². The number of allylic oxidation sites excluding steroid dienone is 1. The van der Waals surface area contributed by atoms with E-state index in [0.29, 0.717) is 26.1 Å². The summed E-state index contributed by atoms with van der Waals surface area (Å²) in [6.07, 6.45) is 9.05. The van der Waals surface area contributed by atoms with Crippen molar-refractivity contribution in [3.63, 3.8) is 0 Å². The van der Waals surface area contributed by atoms with E-state index in [-0.39, 0.29) is 23.1 Å². The number of nitrogens with zero attached hydrogens (tertiary/aromatic N) is 3. The van der Waals surface area contributed by atoms with Crippen molar-refractivity contribution < 1.29 is 9.59 Å². The molecule has 0 N–H and O–H groups in total. The highest BCUT2D eigenvalue weighted by molar-refractivity contribution is 5.99. The summed E-state index contributed by atoms with van der Waals surface area (Å²) in [4.78, 5) is 33.3. The van der Waals surface area contributed by atoms with E-state index in [2.05, 4.69) is 66.4 Å². The average Bonchev–Trinajstić information content (AvgIpc) is 3.56. The van der Waals surface area contributed by atoms with Gasteiger partial charge in [0.2, 0.25) is 11.8 Å². The molecule has 2 heterocycles. The zero-order valence-corrected chi connectivity index (χ0v) is 24.2. The molecular weight excluding hydrogens is 506 g/mol. The Kier molecular flexibility index (Phi) is 8.06. The number of hydrogen-bond donors (Lipinski definition) is 0. The van der Waals surface area contributed by atoms with Gasteiger partial charge in [0.15, 0.2) is 0 Å². The van der Waals surface area contributed by atoms with Crippen molar-refractivity contribution in [2.75, 3.05) is 44.2 Å². The molecule has 2 aliphatic heterocycles. The molecule has 1 unspecified atom stereocenters. The first-order valence-corrected chi connectivity index (χ1v) is 15.2. The van der Waals surface area contributed by atoms with Gasteiger partial charge in [0, 0.05) is 37.2 Å². The molecule has 0 aromatic heterocycles. The second-order valence-corrected chi connectivity index (χ2v) is 12.0. The molecule has 5 nitrogen and oxygen atoms in total. The van der Waals surface area contributed by atoms with Gasteiger partial charge in [0.1, 0.15) is 0 Å². The summed E-state index contributed by atoms with van der Waals surface area (Å²) in [7, 11) is 0. The lowest BCUT2D eigenvalue weighted by molar-refractivity contribution is -0.128. The number of piperidine rings is 1. The first kappa shape index (κ1) is 27.5. The topological polar surface area (TPSA) is 43.9 Å². The number of carbonyl (C=O) groups excluding carboxylic acids is 2. The number of hydrogen-bond acceptors (Lipinski definition) is 3. The summed E-state index contributed by atoms with van der Waals surface area (Å²) >= 11 is 0. The first-order valence-electron chi connectivity index (χ1n) is 15.2. The summed E-state index contributed by atoms with van der Waals surface area (Å²) in [6, 6.07) is 27.2. The van der Waals surface area contributed by atoms with Crippen LogP contribution in [0, 0.1) is 12.8 Å². The Morgan fingerprint density at radius 1 is 0.927 bits per heavy atom. The Balaban J connectivity index is 1.06. The number of anilines is 1. The normalized spacial score (nSPS) is 19.6. The summed E-state index contributed by atoms with van der Waals surface area (Å²) < 4.78 is 0. The lowest BCUT2D eigenvalue weighted by atomic mass is 9.74. The molecule has 3 aliphatic rings. The van der Waals surface area contributed by atoms with Crippen molar-refractivity contribution in [3.8, 4) is 0 Å². The molecular formula is C36H41N3O2. The molecule has 1 atom stereocenters. The van der Waals surface area contributed by atoms with Crippen molar-refractivity contribution in [1.29, 1.82) is 0 Å². The van der Waals surface area contributed by atoms with Gasteiger partial charge < -0.3 is 14.7 Å². The fraction of sp³-hybridized carbons (Fsp3) is 0.389. The van der Waals surface area contributed by atoms with Gasteiger partial charge in [-0.1, -0.05) is 84.9 Å². The standard InChI is InChI=1S/C36H41N3O2/c1-28-10-5-8-15-33(28)39(35(41)31-26-34(40)38(27-31)23-17-29-11-3-2-4-12-29)22-9-21-37-24-19-36(20-25-37)18-16-30-13-6-7-14-32(30)36/h2-8,10-16,18,31H,9,17,19-27H2,1H3. The van der Waals surface area contributed by atoms with Crippen LogP contribution in [0.3, 0.4) is 0 Å². The quantitative estimate of drug-likeness (QED) is 0.337. The van der Waals surface area contributed by atoms with Crippen LogP contribution in [-0.4, -0.2) is 60.9 Å². The number of amides is 2. The highest BCUT2D eigenvalue weighted by Gasteiger charge is 2.39. The van der Waals surface area contributed by atoms with E-state index in [4.69, 9.17) is 0 Å². The number of benzene rings is 3. The molecule has 2 fully saturated rings. The Hall–Kier alpha value is -3.70. The lowest BCUT2D eigenvalue weighted by Gasteiger charge is -2.39. The third kappa shape index (κ3) is 5.87. The molecule has 2 amide bonds. The molecule has 3 aromatic rings.